The number of carbonyl (C=O) groups excluding carboxylic acids is 2. The monoisotopic (exact) mass is 295 g/mol. The van der Waals surface area contributed by atoms with Gasteiger partial charge in [0.15, 0.2) is 6.61 Å². The summed E-state index contributed by atoms with van der Waals surface area (Å²) in [6, 6.07) is 5.44. The number of aliphatic carboxylic acids is 1. The summed E-state index contributed by atoms with van der Waals surface area (Å²) in [6.07, 6.45) is 0.0184. The lowest BCUT2D eigenvalue weighted by atomic mass is 10.2. The van der Waals surface area contributed by atoms with Crippen LogP contribution >= 0.6 is 0 Å². The molecule has 0 bridgehead atoms. The molecule has 0 aliphatic heterocycles. The number of ether oxygens (including phenoxy) is 1. The number of hydrogen-bond donors (Lipinski definition) is 4. The molecule has 3 amide bonds. The number of nitrogens with two attached hydrogens (primary N) is 1. The van der Waals surface area contributed by atoms with Crippen molar-refractivity contribution in [3.63, 3.8) is 0 Å². The molecule has 1 aromatic carbocycles. The zero-order valence-electron chi connectivity index (χ0n) is 11.5. The van der Waals surface area contributed by atoms with E-state index in [1.165, 1.54) is 6.07 Å². The Balaban J connectivity index is 2.63. The first-order chi connectivity index (χ1) is 9.88. The van der Waals surface area contributed by atoms with Crippen LogP contribution in [0, 0.1) is 0 Å². The second-order valence-electron chi connectivity index (χ2n) is 4.35. The molecule has 0 aliphatic carbocycles. The molecular weight excluding hydrogens is 278 g/mol. The van der Waals surface area contributed by atoms with Crippen molar-refractivity contribution in [3.05, 3.63) is 24.3 Å². The summed E-state index contributed by atoms with van der Waals surface area (Å²) in [5.74, 6) is -1.41. The van der Waals surface area contributed by atoms with Crippen LogP contribution in [0.25, 0.3) is 0 Å². The van der Waals surface area contributed by atoms with E-state index in [4.69, 9.17) is 15.6 Å². The molecule has 8 heteroatoms. The fourth-order valence-electron chi connectivity index (χ4n) is 1.57. The predicted molar refractivity (Wildman–Crippen MR) is 75.0 cm³/mol. The van der Waals surface area contributed by atoms with Gasteiger partial charge in [-0.3, -0.25) is 4.79 Å². The van der Waals surface area contributed by atoms with Gasteiger partial charge in [-0.05, 0) is 19.1 Å². The van der Waals surface area contributed by atoms with Gasteiger partial charge in [0.2, 0.25) is 5.91 Å². The smallest absolute Gasteiger partial charge is 0.341 e. The Labute approximate surface area is 121 Å². The molecule has 0 heterocycles. The molecule has 0 aliphatic rings. The second-order valence-corrected chi connectivity index (χ2v) is 4.35. The average molecular weight is 295 g/mol. The van der Waals surface area contributed by atoms with Crippen LogP contribution in [0.2, 0.25) is 0 Å². The lowest BCUT2D eigenvalue weighted by molar-refractivity contribution is -0.139. The number of anilines is 1. The minimum Gasteiger partial charge on any atom is -0.480 e. The van der Waals surface area contributed by atoms with Crippen LogP contribution in [-0.4, -0.2) is 35.7 Å². The maximum Gasteiger partial charge on any atom is 0.341 e. The van der Waals surface area contributed by atoms with Crippen LogP contribution in [0.5, 0.6) is 5.75 Å². The summed E-state index contributed by atoms with van der Waals surface area (Å²) in [4.78, 5) is 33.0. The number of amides is 3. The summed E-state index contributed by atoms with van der Waals surface area (Å²) in [5.41, 5.74) is 5.35. The van der Waals surface area contributed by atoms with E-state index in [0.29, 0.717) is 5.69 Å². The van der Waals surface area contributed by atoms with Crippen LogP contribution in [-0.2, 0) is 9.59 Å². The molecule has 114 valence electrons. The molecule has 1 unspecified atom stereocenters. The summed E-state index contributed by atoms with van der Waals surface area (Å²) in [5, 5.41) is 13.6. The molecule has 1 rings (SSSR count). The van der Waals surface area contributed by atoms with Gasteiger partial charge in [-0.25, -0.2) is 9.59 Å². The SMILES string of the molecule is CC(CC(N)=O)NC(=O)Nc1ccccc1OCC(=O)O. The lowest BCUT2D eigenvalue weighted by Gasteiger charge is -2.15. The van der Waals surface area contributed by atoms with E-state index in [2.05, 4.69) is 10.6 Å². The molecule has 0 radical (unpaired) electrons. The van der Waals surface area contributed by atoms with Crippen LogP contribution in [0.3, 0.4) is 0 Å². The Hall–Kier alpha value is -2.77. The van der Waals surface area contributed by atoms with Gasteiger partial charge >= 0.3 is 12.0 Å². The van der Waals surface area contributed by atoms with Crippen molar-refractivity contribution in [1.82, 2.24) is 5.32 Å². The van der Waals surface area contributed by atoms with Gasteiger partial charge < -0.3 is 26.2 Å². The number of carboxylic acid groups (broad SMARTS) is 1. The second kappa shape index (κ2) is 7.73. The fourth-order valence-corrected chi connectivity index (χ4v) is 1.57. The number of hydrogen-bond acceptors (Lipinski definition) is 4. The summed E-state index contributed by atoms with van der Waals surface area (Å²) < 4.78 is 5.05. The van der Waals surface area contributed by atoms with Crippen LogP contribution in [0.15, 0.2) is 24.3 Å². The minimum atomic E-state index is -1.12. The topological polar surface area (TPSA) is 131 Å². The summed E-state index contributed by atoms with van der Waals surface area (Å²) >= 11 is 0. The first-order valence-electron chi connectivity index (χ1n) is 6.18. The van der Waals surface area contributed by atoms with Crippen molar-refractivity contribution >= 4 is 23.6 Å². The van der Waals surface area contributed by atoms with Crippen molar-refractivity contribution in [2.75, 3.05) is 11.9 Å². The zero-order chi connectivity index (χ0) is 15.8. The normalized spacial score (nSPS) is 11.3. The maximum atomic E-state index is 11.7. The highest BCUT2D eigenvalue weighted by atomic mass is 16.5. The average Bonchev–Trinajstić information content (AvgIpc) is 2.36. The van der Waals surface area contributed by atoms with Gasteiger partial charge in [-0.15, -0.1) is 0 Å². The number of primary amides is 1. The maximum absolute atomic E-state index is 11.7. The number of nitrogens with one attached hydrogen (secondary N) is 2. The van der Waals surface area contributed by atoms with Crippen LogP contribution < -0.4 is 21.1 Å². The highest BCUT2D eigenvalue weighted by molar-refractivity contribution is 5.91. The predicted octanol–water partition coefficient (Wildman–Crippen LogP) is 0.535. The van der Waals surface area contributed by atoms with Gasteiger partial charge in [0.25, 0.3) is 0 Å². The summed E-state index contributed by atoms with van der Waals surface area (Å²) in [6.45, 7) is 1.12. The Morgan fingerprint density at radius 2 is 2.00 bits per heavy atom. The third kappa shape index (κ3) is 6.28. The molecule has 0 aromatic heterocycles. The van der Waals surface area contributed by atoms with Crippen molar-refractivity contribution in [2.24, 2.45) is 5.73 Å². The highest BCUT2D eigenvalue weighted by Gasteiger charge is 2.12. The fraction of sp³-hybridized carbons (Fsp3) is 0.308. The molecule has 1 atom stereocenters. The quantitative estimate of drug-likeness (QED) is 0.583. The van der Waals surface area contributed by atoms with Gasteiger partial charge in [0.1, 0.15) is 5.75 Å². The van der Waals surface area contributed by atoms with Crippen molar-refractivity contribution in [2.45, 2.75) is 19.4 Å². The number of rotatable bonds is 7. The first-order valence-corrected chi connectivity index (χ1v) is 6.18. The van der Waals surface area contributed by atoms with Crippen LogP contribution in [0.4, 0.5) is 10.5 Å². The van der Waals surface area contributed by atoms with E-state index in [-0.39, 0.29) is 12.2 Å². The molecule has 8 nitrogen and oxygen atoms in total. The Morgan fingerprint density at radius 3 is 2.62 bits per heavy atom. The number of urea groups is 1. The molecule has 0 spiro atoms. The standard InChI is InChI=1S/C13H17N3O5/c1-8(6-11(14)17)15-13(20)16-9-4-2-3-5-10(9)21-7-12(18)19/h2-5,8H,6-7H2,1H3,(H2,14,17)(H,18,19)(H2,15,16,20). The van der Waals surface area contributed by atoms with E-state index in [1.54, 1.807) is 25.1 Å². The molecule has 1 aromatic rings. The Bertz CT molecular complexity index is 532. The molecule has 21 heavy (non-hydrogen) atoms. The van der Waals surface area contributed by atoms with Gasteiger partial charge in [-0.2, -0.15) is 0 Å². The van der Waals surface area contributed by atoms with E-state index in [0.717, 1.165) is 0 Å². The molecule has 0 saturated heterocycles. The first kappa shape index (κ1) is 16.3. The van der Waals surface area contributed by atoms with Crippen molar-refractivity contribution in [3.8, 4) is 5.75 Å². The van der Waals surface area contributed by atoms with Crippen LogP contribution in [0.1, 0.15) is 13.3 Å². The highest BCUT2D eigenvalue weighted by Crippen LogP contribution is 2.23. The van der Waals surface area contributed by atoms with Gasteiger partial charge in [0.05, 0.1) is 5.69 Å². The van der Waals surface area contributed by atoms with Crippen molar-refractivity contribution in [1.29, 1.82) is 0 Å². The third-order valence-electron chi connectivity index (χ3n) is 2.37. The van der Waals surface area contributed by atoms with Crippen molar-refractivity contribution < 1.29 is 24.2 Å². The number of carboxylic acids is 1. The van der Waals surface area contributed by atoms with Gasteiger partial charge in [-0.1, -0.05) is 12.1 Å². The molecule has 0 fully saturated rings. The van der Waals surface area contributed by atoms with E-state index < -0.39 is 30.6 Å². The third-order valence-corrected chi connectivity index (χ3v) is 2.37. The number of benzene rings is 1. The van der Waals surface area contributed by atoms with E-state index >= 15 is 0 Å². The lowest BCUT2D eigenvalue weighted by Crippen LogP contribution is -2.38. The molecule has 5 N–H and O–H groups in total. The summed E-state index contributed by atoms with van der Waals surface area (Å²) in [7, 11) is 0. The zero-order valence-corrected chi connectivity index (χ0v) is 11.5. The Kier molecular flexibility index (Phi) is 5.99. The number of carbonyl (C=O) groups is 3. The molecule has 0 saturated carbocycles. The van der Waals surface area contributed by atoms with Gasteiger partial charge in [0, 0.05) is 12.5 Å². The largest absolute Gasteiger partial charge is 0.480 e. The molecular formula is C13H17N3O5. The van der Waals surface area contributed by atoms with E-state index in [1.807, 2.05) is 0 Å². The Morgan fingerprint density at radius 1 is 1.33 bits per heavy atom. The van der Waals surface area contributed by atoms with E-state index in [9.17, 15) is 14.4 Å². The minimum absolute atomic E-state index is 0.0184. The number of para-hydroxylation sites is 2.